The molecule has 96 valence electrons. The van der Waals surface area contributed by atoms with E-state index in [1.54, 1.807) is 11.3 Å². The number of methoxy groups -OCH3 is 1. The van der Waals surface area contributed by atoms with Crippen molar-refractivity contribution in [1.29, 1.82) is 0 Å². The first-order valence-corrected chi connectivity index (χ1v) is 7.25. The Morgan fingerprint density at radius 2 is 2.41 bits per heavy atom. The minimum atomic E-state index is 0.0290. The summed E-state index contributed by atoms with van der Waals surface area (Å²) in [5.74, 6) is 0. The maximum atomic E-state index is 5.56. The molecule has 0 amide bonds. The van der Waals surface area contributed by atoms with Gasteiger partial charge in [0.05, 0.1) is 11.6 Å². The average molecular weight is 254 g/mol. The summed E-state index contributed by atoms with van der Waals surface area (Å²) in [7, 11) is 1.82. The van der Waals surface area contributed by atoms with Gasteiger partial charge in [-0.1, -0.05) is 0 Å². The van der Waals surface area contributed by atoms with Gasteiger partial charge >= 0.3 is 0 Å². The molecular formula is C13H22N2OS. The van der Waals surface area contributed by atoms with Crippen LogP contribution in [0.2, 0.25) is 0 Å². The fraction of sp³-hybridized carbons (Fsp3) is 0.769. The van der Waals surface area contributed by atoms with Crippen LogP contribution in [0, 0.1) is 0 Å². The number of hydrogen-bond acceptors (Lipinski definition) is 4. The van der Waals surface area contributed by atoms with E-state index in [2.05, 4.69) is 29.5 Å². The van der Waals surface area contributed by atoms with Gasteiger partial charge in [0, 0.05) is 24.7 Å². The number of hydrogen-bond donors (Lipinski definition) is 1. The molecule has 1 aromatic heterocycles. The normalized spacial score (nSPS) is 29.8. The molecule has 1 N–H and O–H groups in total. The minimum absolute atomic E-state index is 0.0290. The Labute approximate surface area is 108 Å². The maximum Gasteiger partial charge on any atom is 0.113 e. The second kappa shape index (κ2) is 5.46. The molecule has 1 aliphatic rings. The Morgan fingerprint density at radius 3 is 3.00 bits per heavy atom. The summed E-state index contributed by atoms with van der Waals surface area (Å²) < 4.78 is 5.56. The third-order valence-electron chi connectivity index (χ3n) is 3.45. The van der Waals surface area contributed by atoms with Crippen molar-refractivity contribution in [2.75, 3.05) is 7.11 Å². The van der Waals surface area contributed by atoms with Crippen LogP contribution in [0.1, 0.15) is 44.5 Å². The van der Waals surface area contributed by atoms with E-state index in [-0.39, 0.29) is 5.54 Å². The van der Waals surface area contributed by atoms with Crippen LogP contribution in [-0.2, 0) is 10.3 Å². The first-order valence-electron chi connectivity index (χ1n) is 6.37. The molecule has 2 atom stereocenters. The zero-order valence-electron chi connectivity index (χ0n) is 10.9. The first-order chi connectivity index (χ1) is 8.16. The van der Waals surface area contributed by atoms with Crippen molar-refractivity contribution in [3.63, 3.8) is 0 Å². The van der Waals surface area contributed by atoms with Crippen LogP contribution in [0.5, 0.6) is 0 Å². The molecule has 0 aromatic carbocycles. The molecule has 1 aromatic rings. The van der Waals surface area contributed by atoms with Gasteiger partial charge in [-0.2, -0.15) is 0 Å². The van der Waals surface area contributed by atoms with Gasteiger partial charge in [0.2, 0.25) is 0 Å². The van der Waals surface area contributed by atoms with Gasteiger partial charge in [0.15, 0.2) is 0 Å². The van der Waals surface area contributed by atoms with Crippen LogP contribution in [0.4, 0.5) is 0 Å². The van der Waals surface area contributed by atoms with Gasteiger partial charge in [-0.25, -0.2) is 4.98 Å². The highest BCUT2D eigenvalue weighted by Gasteiger charge is 2.40. The SMILES string of the molecule is COC1CCCC(NC(C)C)(c2nccs2)C1. The van der Waals surface area contributed by atoms with Gasteiger partial charge in [0.1, 0.15) is 5.01 Å². The Balaban J connectivity index is 2.23. The fourth-order valence-corrected chi connectivity index (χ4v) is 3.67. The molecule has 2 rings (SSSR count). The second-order valence-corrected chi connectivity index (χ2v) is 6.07. The highest BCUT2D eigenvalue weighted by atomic mass is 32.1. The van der Waals surface area contributed by atoms with E-state index in [9.17, 15) is 0 Å². The summed E-state index contributed by atoms with van der Waals surface area (Å²) in [6, 6.07) is 0.467. The molecule has 2 unspecified atom stereocenters. The molecule has 4 heteroatoms. The van der Waals surface area contributed by atoms with Crippen LogP contribution in [0.25, 0.3) is 0 Å². The first kappa shape index (κ1) is 13.0. The third kappa shape index (κ3) is 2.87. The van der Waals surface area contributed by atoms with E-state index in [0.717, 1.165) is 6.42 Å². The van der Waals surface area contributed by atoms with Crippen LogP contribution < -0.4 is 5.32 Å². The summed E-state index contributed by atoms with van der Waals surface area (Å²) in [6.07, 6.45) is 6.84. The lowest BCUT2D eigenvalue weighted by Crippen LogP contribution is -2.50. The topological polar surface area (TPSA) is 34.1 Å². The summed E-state index contributed by atoms with van der Waals surface area (Å²) in [5, 5.41) is 7.01. The zero-order chi connectivity index (χ0) is 12.3. The summed E-state index contributed by atoms with van der Waals surface area (Å²) >= 11 is 1.75. The van der Waals surface area contributed by atoms with E-state index in [0.29, 0.717) is 12.1 Å². The van der Waals surface area contributed by atoms with Crippen LogP contribution >= 0.6 is 11.3 Å². The van der Waals surface area contributed by atoms with Crippen molar-refractivity contribution < 1.29 is 4.74 Å². The highest BCUT2D eigenvalue weighted by Crippen LogP contribution is 2.39. The van der Waals surface area contributed by atoms with E-state index in [1.165, 1.54) is 24.3 Å². The molecule has 0 radical (unpaired) electrons. The summed E-state index contributed by atoms with van der Waals surface area (Å²) in [4.78, 5) is 4.53. The lowest BCUT2D eigenvalue weighted by Gasteiger charge is -2.41. The lowest BCUT2D eigenvalue weighted by atomic mass is 9.80. The Kier molecular flexibility index (Phi) is 4.17. The maximum absolute atomic E-state index is 5.56. The Hall–Kier alpha value is -0.450. The van der Waals surface area contributed by atoms with Crippen molar-refractivity contribution in [2.45, 2.75) is 57.2 Å². The van der Waals surface area contributed by atoms with Crippen molar-refractivity contribution >= 4 is 11.3 Å². The van der Waals surface area contributed by atoms with Crippen molar-refractivity contribution in [3.05, 3.63) is 16.6 Å². The Morgan fingerprint density at radius 1 is 1.59 bits per heavy atom. The molecule has 1 saturated carbocycles. The fourth-order valence-electron chi connectivity index (χ4n) is 2.82. The van der Waals surface area contributed by atoms with Gasteiger partial charge in [-0.05, 0) is 39.5 Å². The number of ether oxygens (including phenoxy) is 1. The van der Waals surface area contributed by atoms with Crippen LogP contribution in [-0.4, -0.2) is 24.2 Å². The zero-order valence-corrected chi connectivity index (χ0v) is 11.7. The Bertz CT molecular complexity index is 339. The van der Waals surface area contributed by atoms with Crippen LogP contribution in [0.3, 0.4) is 0 Å². The molecule has 1 heterocycles. The monoisotopic (exact) mass is 254 g/mol. The number of nitrogens with one attached hydrogen (secondary N) is 1. The van der Waals surface area contributed by atoms with Crippen molar-refractivity contribution in [1.82, 2.24) is 10.3 Å². The average Bonchev–Trinajstić information content (AvgIpc) is 2.82. The van der Waals surface area contributed by atoms with E-state index in [1.807, 2.05) is 13.3 Å². The molecule has 0 aliphatic heterocycles. The molecular weight excluding hydrogens is 232 g/mol. The smallest absolute Gasteiger partial charge is 0.113 e. The van der Waals surface area contributed by atoms with Gasteiger partial charge in [-0.15, -0.1) is 11.3 Å². The second-order valence-electron chi connectivity index (χ2n) is 5.17. The predicted octanol–water partition coefficient (Wildman–Crippen LogP) is 2.93. The van der Waals surface area contributed by atoms with Crippen molar-refractivity contribution in [2.24, 2.45) is 0 Å². The van der Waals surface area contributed by atoms with Gasteiger partial charge < -0.3 is 10.1 Å². The molecule has 17 heavy (non-hydrogen) atoms. The van der Waals surface area contributed by atoms with E-state index < -0.39 is 0 Å². The summed E-state index contributed by atoms with van der Waals surface area (Å²) in [6.45, 7) is 4.40. The van der Waals surface area contributed by atoms with Crippen LogP contribution in [0.15, 0.2) is 11.6 Å². The molecule has 0 spiro atoms. The summed E-state index contributed by atoms with van der Waals surface area (Å²) in [5.41, 5.74) is 0.0290. The molecule has 1 aliphatic carbocycles. The highest BCUT2D eigenvalue weighted by molar-refractivity contribution is 7.09. The molecule has 1 fully saturated rings. The largest absolute Gasteiger partial charge is 0.381 e. The number of rotatable bonds is 4. The molecule has 3 nitrogen and oxygen atoms in total. The van der Waals surface area contributed by atoms with Gasteiger partial charge in [-0.3, -0.25) is 0 Å². The van der Waals surface area contributed by atoms with E-state index >= 15 is 0 Å². The molecule has 0 bridgehead atoms. The van der Waals surface area contributed by atoms with Crippen molar-refractivity contribution in [3.8, 4) is 0 Å². The standard InChI is InChI=1S/C13H22N2OS/c1-10(2)15-13(12-14-7-8-17-12)6-4-5-11(9-13)16-3/h7-8,10-11,15H,4-6,9H2,1-3H3. The van der Waals surface area contributed by atoms with Gasteiger partial charge in [0.25, 0.3) is 0 Å². The number of nitrogens with zero attached hydrogens (tertiary/aromatic N) is 1. The van der Waals surface area contributed by atoms with E-state index in [4.69, 9.17) is 4.74 Å². The molecule has 0 saturated heterocycles. The number of aromatic nitrogens is 1. The predicted molar refractivity (Wildman–Crippen MR) is 71.3 cm³/mol. The number of thiazole rings is 1. The minimum Gasteiger partial charge on any atom is -0.381 e. The lowest BCUT2D eigenvalue weighted by molar-refractivity contribution is 0.0265. The quantitative estimate of drug-likeness (QED) is 0.897. The third-order valence-corrected chi connectivity index (χ3v) is 4.42.